The van der Waals surface area contributed by atoms with E-state index in [-0.39, 0.29) is 18.9 Å². The summed E-state index contributed by atoms with van der Waals surface area (Å²) in [6, 6.07) is 0.00811. The average molecular weight is 322 g/mol. The molecule has 0 aromatic rings. The molecule has 0 bridgehead atoms. The van der Waals surface area contributed by atoms with Crippen LogP contribution < -0.4 is 0 Å². The highest BCUT2D eigenvalue weighted by Gasteiger charge is 2.40. The summed E-state index contributed by atoms with van der Waals surface area (Å²) in [5, 5.41) is 0. The predicted molar refractivity (Wildman–Crippen MR) is 76.0 cm³/mol. The van der Waals surface area contributed by atoms with E-state index in [1.165, 1.54) is 14.2 Å². The average Bonchev–Trinajstić information content (AvgIpc) is 2.45. The van der Waals surface area contributed by atoms with E-state index in [0.29, 0.717) is 13.2 Å². The molecule has 1 aliphatic rings. The van der Waals surface area contributed by atoms with Crippen molar-refractivity contribution >= 4 is 19.6 Å². The SMILES string of the molecule is COC(=O)CN(CP1(=O)OCCCN1C(C)C)C(=O)OC. The molecule has 122 valence electrons. The van der Waals surface area contributed by atoms with E-state index in [2.05, 4.69) is 9.47 Å². The number of rotatable bonds is 5. The van der Waals surface area contributed by atoms with Crippen LogP contribution in [0.3, 0.4) is 0 Å². The van der Waals surface area contributed by atoms with Crippen molar-refractivity contribution in [3.63, 3.8) is 0 Å². The molecule has 0 aromatic carbocycles. The van der Waals surface area contributed by atoms with Crippen molar-refractivity contribution in [3.05, 3.63) is 0 Å². The van der Waals surface area contributed by atoms with Crippen molar-refractivity contribution in [1.29, 1.82) is 0 Å². The summed E-state index contributed by atoms with van der Waals surface area (Å²) >= 11 is 0. The van der Waals surface area contributed by atoms with E-state index in [1.54, 1.807) is 4.67 Å². The Balaban J connectivity index is 2.90. The summed E-state index contributed by atoms with van der Waals surface area (Å²) in [6.45, 7) is 4.48. The topological polar surface area (TPSA) is 85.4 Å². The van der Waals surface area contributed by atoms with E-state index in [0.717, 1.165) is 11.3 Å². The summed E-state index contributed by atoms with van der Waals surface area (Å²) in [5.41, 5.74) is 0. The minimum absolute atomic E-state index is 0.00811. The van der Waals surface area contributed by atoms with Crippen LogP contribution in [0.4, 0.5) is 4.79 Å². The normalized spacial score (nSPS) is 22.9. The maximum Gasteiger partial charge on any atom is 0.410 e. The lowest BCUT2D eigenvalue weighted by Gasteiger charge is -2.39. The smallest absolute Gasteiger partial charge is 0.410 e. The summed E-state index contributed by atoms with van der Waals surface area (Å²) in [6.07, 6.45) is -0.168. The van der Waals surface area contributed by atoms with Crippen molar-refractivity contribution in [3.8, 4) is 0 Å². The van der Waals surface area contributed by atoms with E-state index < -0.39 is 19.6 Å². The van der Waals surface area contributed by atoms with E-state index in [4.69, 9.17) is 4.52 Å². The summed E-state index contributed by atoms with van der Waals surface area (Å²) < 4.78 is 29.4. The number of esters is 1. The number of hydrogen-bond donors (Lipinski definition) is 0. The highest BCUT2D eigenvalue weighted by atomic mass is 31.2. The first-order chi connectivity index (χ1) is 9.84. The van der Waals surface area contributed by atoms with E-state index in [1.807, 2.05) is 13.8 Å². The van der Waals surface area contributed by atoms with Crippen molar-refractivity contribution in [1.82, 2.24) is 9.57 Å². The van der Waals surface area contributed by atoms with Gasteiger partial charge in [0.15, 0.2) is 0 Å². The lowest BCUT2D eigenvalue weighted by atomic mass is 10.3. The zero-order valence-corrected chi connectivity index (χ0v) is 13.8. The number of methoxy groups -OCH3 is 2. The Kier molecular flexibility index (Phi) is 6.64. The van der Waals surface area contributed by atoms with Gasteiger partial charge in [-0.2, -0.15) is 0 Å². The minimum Gasteiger partial charge on any atom is -0.468 e. The molecule has 0 aliphatic carbocycles. The summed E-state index contributed by atoms with van der Waals surface area (Å²) in [7, 11) is -0.800. The number of nitrogens with zero attached hydrogens (tertiary/aromatic N) is 2. The zero-order chi connectivity index (χ0) is 16.0. The fourth-order valence-corrected chi connectivity index (χ4v) is 4.73. The molecule has 1 amide bonds. The van der Waals surface area contributed by atoms with Crippen molar-refractivity contribution < 1.29 is 28.2 Å². The molecular weight excluding hydrogens is 299 g/mol. The highest BCUT2D eigenvalue weighted by Crippen LogP contribution is 2.54. The fourth-order valence-electron chi connectivity index (χ4n) is 2.13. The first-order valence-electron chi connectivity index (χ1n) is 6.74. The Labute approximate surface area is 124 Å². The number of ether oxygens (including phenoxy) is 2. The Morgan fingerprint density at radius 2 is 2.00 bits per heavy atom. The van der Waals surface area contributed by atoms with Gasteiger partial charge in [0.1, 0.15) is 12.8 Å². The molecule has 0 aromatic heterocycles. The monoisotopic (exact) mass is 322 g/mol. The quantitative estimate of drug-likeness (QED) is 0.560. The molecule has 0 saturated carbocycles. The molecular formula is C12H23N2O6P. The molecule has 1 atom stereocenters. The van der Waals surface area contributed by atoms with E-state index in [9.17, 15) is 14.2 Å². The second kappa shape index (κ2) is 7.77. The molecule has 1 unspecified atom stereocenters. The largest absolute Gasteiger partial charge is 0.468 e. The molecule has 1 rings (SSSR count). The minimum atomic E-state index is -3.22. The van der Waals surface area contributed by atoms with Crippen LogP contribution in [-0.4, -0.2) is 67.9 Å². The van der Waals surface area contributed by atoms with Crippen molar-refractivity contribution in [2.75, 3.05) is 40.2 Å². The van der Waals surface area contributed by atoms with Gasteiger partial charge in [-0.15, -0.1) is 0 Å². The van der Waals surface area contributed by atoms with Gasteiger partial charge in [-0.05, 0) is 20.3 Å². The van der Waals surface area contributed by atoms with Gasteiger partial charge in [0.2, 0.25) is 0 Å². The molecule has 1 saturated heterocycles. The molecule has 0 spiro atoms. The lowest BCUT2D eigenvalue weighted by Crippen LogP contribution is -2.42. The molecule has 0 N–H and O–H groups in total. The third kappa shape index (κ3) is 4.69. The highest BCUT2D eigenvalue weighted by molar-refractivity contribution is 7.56. The maximum atomic E-state index is 13.0. The van der Waals surface area contributed by atoms with Gasteiger partial charge in [-0.1, -0.05) is 0 Å². The maximum absolute atomic E-state index is 13.0. The van der Waals surface area contributed by atoms with Gasteiger partial charge in [-0.25, -0.2) is 9.46 Å². The molecule has 21 heavy (non-hydrogen) atoms. The van der Waals surface area contributed by atoms with E-state index >= 15 is 0 Å². The Morgan fingerprint density at radius 1 is 1.33 bits per heavy atom. The molecule has 9 heteroatoms. The van der Waals surface area contributed by atoms with Crippen LogP contribution in [0.25, 0.3) is 0 Å². The van der Waals surface area contributed by atoms with Crippen molar-refractivity contribution in [2.45, 2.75) is 26.3 Å². The van der Waals surface area contributed by atoms with Crippen molar-refractivity contribution in [2.24, 2.45) is 0 Å². The Bertz CT molecular complexity index is 428. The van der Waals surface area contributed by atoms with Gasteiger partial charge in [0, 0.05) is 12.6 Å². The van der Waals surface area contributed by atoms with Crippen LogP contribution >= 0.6 is 7.52 Å². The fraction of sp³-hybridized carbons (Fsp3) is 0.833. The van der Waals surface area contributed by atoms with Crippen LogP contribution in [0.5, 0.6) is 0 Å². The summed E-state index contributed by atoms with van der Waals surface area (Å²) in [4.78, 5) is 24.2. The van der Waals surface area contributed by atoms with Crippen LogP contribution in [0.1, 0.15) is 20.3 Å². The van der Waals surface area contributed by atoms with Crippen LogP contribution in [-0.2, 0) is 23.4 Å². The summed E-state index contributed by atoms with van der Waals surface area (Å²) in [5.74, 6) is -0.611. The standard InChI is InChI=1S/C12H23N2O6P/c1-10(2)14-6-5-7-20-21(14,17)9-13(12(16)19-4)8-11(15)18-3/h10H,5-9H2,1-4H3. The van der Waals surface area contributed by atoms with Crippen LogP contribution in [0, 0.1) is 0 Å². The van der Waals surface area contributed by atoms with Crippen LogP contribution in [0.15, 0.2) is 0 Å². The third-order valence-corrected chi connectivity index (χ3v) is 5.87. The zero-order valence-electron chi connectivity index (χ0n) is 12.9. The number of carbonyl (C=O) groups is 2. The molecule has 1 heterocycles. The molecule has 0 radical (unpaired) electrons. The number of hydrogen-bond acceptors (Lipinski definition) is 6. The predicted octanol–water partition coefficient (Wildman–Crippen LogP) is 1.51. The molecule has 8 nitrogen and oxygen atoms in total. The van der Waals surface area contributed by atoms with Crippen LogP contribution in [0.2, 0.25) is 0 Å². The molecule has 1 fully saturated rings. The third-order valence-electron chi connectivity index (χ3n) is 3.14. The van der Waals surface area contributed by atoms with Gasteiger partial charge in [-0.3, -0.25) is 14.3 Å². The Hall–Kier alpha value is -1.11. The van der Waals surface area contributed by atoms with Gasteiger partial charge < -0.3 is 14.0 Å². The van der Waals surface area contributed by atoms with Gasteiger partial charge >= 0.3 is 12.1 Å². The number of amides is 1. The first-order valence-corrected chi connectivity index (χ1v) is 8.50. The molecule has 1 aliphatic heterocycles. The first kappa shape index (κ1) is 17.9. The lowest BCUT2D eigenvalue weighted by molar-refractivity contribution is -0.141. The second-order valence-electron chi connectivity index (χ2n) is 4.97. The second-order valence-corrected chi connectivity index (χ2v) is 7.30. The van der Waals surface area contributed by atoms with Gasteiger partial charge in [0.25, 0.3) is 7.52 Å². The van der Waals surface area contributed by atoms with Gasteiger partial charge in [0.05, 0.1) is 20.8 Å². The number of carbonyl (C=O) groups excluding carboxylic acids is 2. The Morgan fingerprint density at radius 3 is 2.52 bits per heavy atom.